The van der Waals surface area contributed by atoms with E-state index in [0.717, 1.165) is 11.8 Å². The van der Waals surface area contributed by atoms with Crippen LogP contribution in [0.3, 0.4) is 0 Å². The van der Waals surface area contributed by atoms with Crippen LogP contribution in [0.1, 0.15) is 11.7 Å². The third kappa shape index (κ3) is 4.99. The number of aromatic nitrogens is 1. The number of amides is 1. The van der Waals surface area contributed by atoms with Crippen molar-refractivity contribution < 1.29 is 13.9 Å². The monoisotopic (exact) mass is 351 g/mol. The highest BCUT2D eigenvalue weighted by atomic mass is 35.5. The lowest BCUT2D eigenvalue weighted by Gasteiger charge is -2.26. The lowest BCUT2D eigenvalue weighted by atomic mass is 10.1. The smallest absolute Gasteiger partial charge is 0.238 e. The molecule has 2 rings (SSSR count). The van der Waals surface area contributed by atoms with E-state index < -0.39 is 5.82 Å². The average molecular weight is 352 g/mol. The van der Waals surface area contributed by atoms with Crippen molar-refractivity contribution in [2.24, 2.45) is 0 Å². The molecule has 0 aliphatic carbocycles. The van der Waals surface area contributed by atoms with Crippen molar-refractivity contribution >= 4 is 23.2 Å². The second kappa shape index (κ2) is 8.73. The van der Waals surface area contributed by atoms with E-state index in [4.69, 9.17) is 16.3 Å². The van der Waals surface area contributed by atoms with Crippen LogP contribution in [0.4, 0.5) is 10.1 Å². The summed E-state index contributed by atoms with van der Waals surface area (Å²) in [6, 6.07) is 9.49. The molecule has 1 heterocycles. The topological polar surface area (TPSA) is 54.5 Å². The maximum absolute atomic E-state index is 13.7. The van der Waals surface area contributed by atoms with E-state index in [1.54, 1.807) is 25.3 Å². The van der Waals surface area contributed by atoms with Crippen LogP contribution in [0, 0.1) is 5.82 Å². The van der Waals surface area contributed by atoms with Gasteiger partial charge in [-0.1, -0.05) is 17.7 Å². The van der Waals surface area contributed by atoms with Crippen molar-refractivity contribution in [1.82, 2.24) is 9.88 Å². The maximum atomic E-state index is 13.7. The van der Waals surface area contributed by atoms with Gasteiger partial charge >= 0.3 is 0 Å². The lowest BCUT2D eigenvalue weighted by molar-refractivity contribution is -0.117. The molecule has 128 valence electrons. The Bertz CT molecular complexity index is 685. The van der Waals surface area contributed by atoms with Crippen LogP contribution in [0.15, 0.2) is 42.6 Å². The van der Waals surface area contributed by atoms with Crippen molar-refractivity contribution in [2.45, 2.75) is 6.04 Å². The third-order valence-electron chi connectivity index (χ3n) is 3.48. The summed E-state index contributed by atoms with van der Waals surface area (Å²) in [6.45, 7) is 0.447. The molecule has 1 N–H and O–H groups in total. The summed E-state index contributed by atoms with van der Waals surface area (Å²) in [5, 5.41) is 2.82. The molecule has 0 saturated heterocycles. The van der Waals surface area contributed by atoms with Gasteiger partial charge in [-0.05, 0) is 37.4 Å². The highest BCUT2D eigenvalue weighted by molar-refractivity contribution is 6.30. The Morgan fingerprint density at radius 2 is 2.21 bits per heavy atom. The first-order valence-corrected chi connectivity index (χ1v) is 7.74. The summed E-state index contributed by atoms with van der Waals surface area (Å²) in [5.74, 6) is -0.910. The predicted octanol–water partition coefficient (Wildman–Crippen LogP) is 3.13. The van der Waals surface area contributed by atoms with Crippen molar-refractivity contribution in [2.75, 3.05) is 32.6 Å². The zero-order valence-corrected chi connectivity index (χ0v) is 14.3. The normalized spacial score (nSPS) is 12.2. The minimum absolute atomic E-state index is 0.0622. The van der Waals surface area contributed by atoms with E-state index in [2.05, 4.69) is 10.3 Å². The van der Waals surface area contributed by atoms with Crippen LogP contribution >= 0.6 is 11.6 Å². The molecule has 0 spiro atoms. The number of likely N-dealkylation sites (N-methyl/N-ethyl adjacent to an activating group) is 1. The molecule has 1 amide bonds. The fourth-order valence-electron chi connectivity index (χ4n) is 2.29. The fraction of sp³-hybridized carbons (Fsp3) is 0.294. The van der Waals surface area contributed by atoms with Crippen LogP contribution < -0.4 is 5.32 Å². The van der Waals surface area contributed by atoms with Crippen molar-refractivity contribution in [3.8, 4) is 0 Å². The Kier molecular flexibility index (Phi) is 6.66. The molecule has 5 nitrogen and oxygen atoms in total. The van der Waals surface area contributed by atoms with E-state index in [-0.39, 0.29) is 29.2 Å². The Morgan fingerprint density at radius 1 is 1.42 bits per heavy atom. The molecule has 1 aromatic heterocycles. The number of hydrogen-bond acceptors (Lipinski definition) is 4. The van der Waals surface area contributed by atoms with E-state index in [1.807, 2.05) is 18.2 Å². The van der Waals surface area contributed by atoms with Crippen LogP contribution in [0.25, 0.3) is 0 Å². The van der Waals surface area contributed by atoms with Crippen LogP contribution in [-0.2, 0) is 9.53 Å². The Hall–Kier alpha value is -2.02. The summed E-state index contributed by atoms with van der Waals surface area (Å²) in [4.78, 5) is 18.3. The molecule has 24 heavy (non-hydrogen) atoms. The molecule has 2 aromatic rings. The van der Waals surface area contributed by atoms with E-state index in [0.29, 0.717) is 6.61 Å². The minimum atomic E-state index is -0.573. The number of carbonyl (C=O) groups is 1. The molecular weight excluding hydrogens is 333 g/mol. The number of hydrogen-bond donors (Lipinski definition) is 1. The van der Waals surface area contributed by atoms with Gasteiger partial charge in [0, 0.05) is 18.3 Å². The molecule has 0 saturated carbocycles. The molecule has 0 bridgehead atoms. The molecule has 1 atom stereocenters. The quantitative estimate of drug-likeness (QED) is 0.832. The van der Waals surface area contributed by atoms with E-state index in [9.17, 15) is 9.18 Å². The minimum Gasteiger partial charge on any atom is -0.383 e. The zero-order valence-electron chi connectivity index (χ0n) is 13.5. The van der Waals surface area contributed by atoms with Gasteiger partial charge in [0.25, 0.3) is 0 Å². The van der Waals surface area contributed by atoms with Gasteiger partial charge in [0.05, 0.1) is 30.6 Å². The molecule has 0 aliphatic rings. The molecule has 1 aromatic carbocycles. The average Bonchev–Trinajstić information content (AvgIpc) is 2.56. The number of methoxy groups -OCH3 is 1. The van der Waals surface area contributed by atoms with Gasteiger partial charge in [0.1, 0.15) is 5.82 Å². The number of rotatable bonds is 7. The van der Waals surface area contributed by atoms with Crippen LogP contribution in [-0.4, -0.2) is 43.1 Å². The molecule has 0 aliphatic heterocycles. The second-order valence-corrected chi connectivity index (χ2v) is 5.75. The Labute approximate surface area is 145 Å². The van der Waals surface area contributed by atoms with E-state index >= 15 is 0 Å². The van der Waals surface area contributed by atoms with Crippen LogP contribution in [0.2, 0.25) is 5.02 Å². The Balaban J connectivity index is 2.03. The third-order valence-corrected chi connectivity index (χ3v) is 3.72. The zero-order chi connectivity index (χ0) is 17.5. The highest BCUT2D eigenvalue weighted by Crippen LogP contribution is 2.20. The van der Waals surface area contributed by atoms with Gasteiger partial charge in [-0.2, -0.15) is 0 Å². The molecule has 0 fully saturated rings. The fourth-order valence-corrected chi connectivity index (χ4v) is 2.45. The summed E-state index contributed by atoms with van der Waals surface area (Å²) in [6.07, 6.45) is 1.69. The summed E-state index contributed by atoms with van der Waals surface area (Å²) < 4.78 is 19.0. The number of pyridine rings is 1. The van der Waals surface area contributed by atoms with Crippen molar-refractivity contribution in [1.29, 1.82) is 0 Å². The predicted molar refractivity (Wildman–Crippen MR) is 91.5 cm³/mol. The summed E-state index contributed by atoms with van der Waals surface area (Å²) in [7, 11) is 3.38. The lowest BCUT2D eigenvalue weighted by Crippen LogP contribution is -2.35. The van der Waals surface area contributed by atoms with Gasteiger partial charge in [0.15, 0.2) is 0 Å². The second-order valence-electron chi connectivity index (χ2n) is 5.31. The largest absolute Gasteiger partial charge is 0.383 e. The number of anilines is 1. The van der Waals surface area contributed by atoms with Crippen LogP contribution in [0.5, 0.6) is 0 Å². The first-order chi connectivity index (χ1) is 11.5. The van der Waals surface area contributed by atoms with Gasteiger partial charge in [-0.15, -0.1) is 0 Å². The van der Waals surface area contributed by atoms with Crippen molar-refractivity contribution in [3.63, 3.8) is 0 Å². The highest BCUT2D eigenvalue weighted by Gasteiger charge is 2.20. The molecule has 7 heteroatoms. The first kappa shape index (κ1) is 18.3. The standard InChI is InChI=1S/C17H19ClFN3O2/c1-22(16(11-24-2)15-5-3-4-8-20-15)10-17(23)21-14-7-6-12(18)9-13(14)19/h3-9,16H,10-11H2,1-2H3,(H,21,23). The van der Waals surface area contributed by atoms with Gasteiger partial charge in [0.2, 0.25) is 5.91 Å². The molecular formula is C17H19ClFN3O2. The number of halogens is 2. The number of nitrogens with one attached hydrogen (secondary N) is 1. The number of ether oxygens (including phenoxy) is 1. The van der Waals surface area contributed by atoms with Crippen molar-refractivity contribution in [3.05, 3.63) is 59.1 Å². The Morgan fingerprint density at radius 3 is 2.83 bits per heavy atom. The number of nitrogens with zero attached hydrogens (tertiary/aromatic N) is 2. The number of benzene rings is 1. The van der Waals surface area contributed by atoms with Gasteiger partial charge < -0.3 is 10.1 Å². The SMILES string of the molecule is COCC(c1ccccn1)N(C)CC(=O)Nc1ccc(Cl)cc1F. The summed E-state index contributed by atoms with van der Waals surface area (Å²) >= 11 is 5.70. The molecule has 0 radical (unpaired) electrons. The van der Waals surface area contributed by atoms with E-state index in [1.165, 1.54) is 12.1 Å². The molecule has 1 unspecified atom stereocenters. The van der Waals surface area contributed by atoms with Gasteiger partial charge in [-0.3, -0.25) is 14.7 Å². The maximum Gasteiger partial charge on any atom is 0.238 e. The number of carbonyl (C=O) groups excluding carboxylic acids is 1. The first-order valence-electron chi connectivity index (χ1n) is 7.36. The van der Waals surface area contributed by atoms with Gasteiger partial charge in [-0.25, -0.2) is 4.39 Å². The summed E-state index contributed by atoms with van der Waals surface area (Å²) in [5.41, 5.74) is 0.895.